The summed E-state index contributed by atoms with van der Waals surface area (Å²) in [5, 5.41) is 0.905. The van der Waals surface area contributed by atoms with E-state index in [0.29, 0.717) is 5.39 Å². The van der Waals surface area contributed by atoms with Crippen molar-refractivity contribution >= 4 is 22.5 Å². The quantitative estimate of drug-likeness (QED) is 0.767. The van der Waals surface area contributed by atoms with Crippen molar-refractivity contribution in [3.8, 4) is 0 Å². The summed E-state index contributed by atoms with van der Waals surface area (Å²) in [7, 11) is 0. The smallest absolute Gasteiger partial charge is 0.207 e. The molecule has 1 N–H and O–H groups in total. The normalized spacial score (nSPS) is 10.7. The van der Waals surface area contributed by atoms with Crippen molar-refractivity contribution in [2.45, 2.75) is 13.3 Å². The molecule has 1 heterocycles. The van der Waals surface area contributed by atoms with Crippen molar-refractivity contribution < 1.29 is 0 Å². The van der Waals surface area contributed by atoms with Gasteiger partial charge in [-0.25, -0.2) is 0 Å². The lowest BCUT2D eigenvalue weighted by Crippen LogP contribution is -2.03. The van der Waals surface area contributed by atoms with Gasteiger partial charge in [0.15, 0.2) is 0 Å². The van der Waals surface area contributed by atoms with Gasteiger partial charge in [-0.05, 0) is 24.1 Å². The zero-order chi connectivity index (χ0) is 10.1. The van der Waals surface area contributed by atoms with Gasteiger partial charge >= 0.3 is 0 Å². The summed E-state index contributed by atoms with van der Waals surface area (Å²) in [5.74, 6) is 0. The van der Waals surface area contributed by atoms with E-state index in [1.54, 1.807) is 0 Å². The van der Waals surface area contributed by atoms with Gasteiger partial charge in [0, 0.05) is 17.1 Å². The minimum atomic E-state index is -0.101. The van der Waals surface area contributed by atoms with E-state index in [-0.39, 0.29) is 10.5 Å². The molecule has 0 bridgehead atoms. The minimum absolute atomic E-state index is 0.101. The maximum absolute atomic E-state index is 11.6. The first-order valence-electron chi connectivity index (χ1n) is 4.52. The summed E-state index contributed by atoms with van der Waals surface area (Å²) in [6, 6.07) is 5.80. The summed E-state index contributed by atoms with van der Waals surface area (Å²) >= 11 is 5.74. The monoisotopic (exact) mass is 207 g/mol. The van der Waals surface area contributed by atoms with Crippen LogP contribution in [0.25, 0.3) is 10.9 Å². The summed E-state index contributed by atoms with van der Waals surface area (Å²) in [6.07, 6.45) is 2.44. The van der Waals surface area contributed by atoms with E-state index in [0.717, 1.165) is 17.5 Å². The number of H-pyrrole nitrogens is 1. The third kappa shape index (κ3) is 1.42. The molecule has 1 aromatic heterocycles. The van der Waals surface area contributed by atoms with Crippen LogP contribution in [0.15, 0.2) is 29.2 Å². The van der Waals surface area contributed by atoms with Crippen LogP contribution in [0.2, 0.25) is 5.02 Å². The second kappa shape index (κ2) is 3.46. The van der Waals surface area contributed by atoms with Crippen LogP contribution in [0, 0.1) is 0 Å². The van der Waals surface area contributed by atoms with Crippen LogP contribution < -0.4 is 5.43 Å². The maximum Gasteiger partial charge on any atom is 0.207 e. The predicted octanol–water partition coefficient (Wildman–Crippen LogP) is 2.74. The highest BCUT2D eigenvalue weighted by Gasteiger charge is 2.02. The largest absolute Gasteiger partial charge is 0.360 e. The average Bonchev–Trinajstić information content (AvgIpc) is 2.23. The second-order valence-corrected chi connectivity index (χ2v) is 3.61. The molecular weight excluding hydrogens is 198 g/mol. The molecule has 0 saturated heterocycles. The fourth-order valence-corrected chi connectivity index (χ4v) is 1.62. The van der Waals surface area contributed by atoms with Gasteiger partial charge in [-0.1, -0.05) is 24.6 Å². The molecule has 0 atom stereocenters. The van der Waals surface area contributed by atoms with E-state index < -0.39 is 0 Å². The average molecular weight is 208 g/mol. The summed E-state index contributed by atoms with van der Waals surface area (Å²) < 4.78 is 0. The fraction of sp³-hybridized carbons (Fsp3) is 0.182. The molecule has 2 aromatic rings. The number of aromatic amines is 1. The van der Waals surface area contributed by atoms with E-state index in [2.05, 4.69) is 11.9 Å². The van der Waals surface area contributed by atoms with Crippen molar-refractivity contribution in [1.82, 2.24) is 4.98 Å². The molecule has 1 aromatic carbocycles. The van der Waals surface area contributed by atoms with Gasteiger partial charge in [-0.15, -0.1) is 0 Å². The van der Waals surface area contributed by atoms with Crippen molar-refractivity contribution in [1.29, 1.82) is 0 Å². The molecule has 0 amide bonds. The Morgan fingerprint density at radius 2 is 2.21 bits per heavy atom. The van der Waals surface area contributed by atoms with Crippen molar-refractivity contribution in [3.63, 3.8) is 0 Å². The van der Waals surface area contributed by atoms with Crippen LogP contribution >= 0.6 is 11.6 Å². The molecule has 14 heavy (non-hydrogen) atoms. The molecule has 72 valence electrons. The van der Waals surface area contributed by atoms with Crippen LogP contribution in [0.1, 0.15) is 12.5 Å². The fourth-order valence-electron chi connectivity index (χ4n) is 1.46. The van der Waals surface area contributed by atoms with E-state index in [1.165, 1.54) is 6.20 Å². The van der Waals surface area contributed by atoms with Gasteiger partial charge in [-0.2, -0.15) is 0 Å². The van der Waals surface area contributed by atoms with E-state index in [4.69, 9.17) is 11.6 Å². The Morgan fingerprint density at radius 1 is 1.43 bits per heavy atom. The number of fused-ring (bicyclic) bond motifs is 1. The Kier molecular flexibility index (Phi) is 2.30. The Morgan fingerprint density at radius 3 is 2.93 bits per heavy atom. The van der Waals surface area contributed by atoms with Gasteiger partial charge in [0.05, 0.1) is 0 Å². The molecule has 0 spiro atoms. The van der Waals surface area contributed by atoms with Gasteiger partial charge in [-0.3, -0.25) is 4.79 Å². The molecule has 0 radical (unpaired) electrons. The molecule has 0 aliphatic carbocycles. The van der Waals surface area contributed by atoms with Gasteiger partial charge in [0.25, 0.3) is 0 Å². The first-order chi connectivity index (χ1) is 6.72. The molecule has 0 unspecified atom stereocenters. The molecule has 0 saturated carbocycles. The summed E-state index contributed by atoms with van der Waals surface area (Å²) in [6.45, 7) is 2.06. The minimum Gasteiger partial charge on any atom is -0.360 e. The van der Waals surface area contributed by atoms with E-state index in [1.807, 2.05) is 18.2 Å². The highest BCUT2D eigenvalue weighted by Crippen LogP contribution is 2.13. The Hall–Kier alpha value is -1.28. The lowest BCUT2D eigenvalue weighted by molar-refractivity contribution is 1.14. The number of aryl methyl sites for hydroxylation is 1. The molecule has 0 fully saturated rings. The number of aromatic nitrogens is 1. The van der Waals surface area contributed by atoms with Crippen LogP contribution in [-0.4, -0.2) is 4.98 Å². The van der Waals surface area contributed by atoms with E-state index >= 15 is 0 Å². The maximum atomic E-state index is 11.6. The SMILES string of the molecule is CCc1ccc2[nH]cc(Cl)c(=O)c2c1. The number of hydrogen-bond acceptors (Lipinski definition) is 1. The van der Waals surface area contributed by atoms with Gasteiger partial charge in [0.2, 0.25) is 5.43 Å². The summed E-state index contributed by atoms with van der Waals surface area (Å²) in [4.78, 5) is 14.6. The van der Waals surface area contributed by atoms with Gasteiger partial charge < -0.3 is 4.98 Å². The number of pyridine rings is 1. The number of halogens is 1. The van der Waals surface area contributed by atoms with Crippen molar-refractivity contribution in [3.05, 3.63) is 45.2 Å². The standard InChI is InChI=1S/C11H10ClNO/c1-2-7-3-4-10-8(5-7)11(14)9(12)6-13-10/h3-6H,2H2,1H3,(H,13,14). The topological polar surface area (TPSA) is 32.9 Å². The number of hydrogen-bond donors (Lipinski definition) is 1. The first-order valence-corrected chi connectivity index (χ1v) is 4.90. The van der Waals surface area contributed by atoms with Crippen LogP contribution in [0.4, 0.5) is 0 Å². The first kappa shape index (κ1) is 9.28. The van der Waals surface area contributed by atoms with E-state index in [9.17, 15) is 4.79 Å². The number of nitrogens with one attached hydrogen (secondary N) is 1. The molecule has 0 aliphatic rings. The second-order valence-electron chi connectivity index (χ2n) is 3.20. The Bertz CT molecular complexity index is 530. The third-order valence-electron chi connectivity index (χ3n) is 2.31. The van der Waals surface area contributed by atoms with Crippen LogP contribution in [0.5, 0.6) is 0 Å². The van der Waals surface area contributed by atoms with Crippen LogP contribution in [0.3, 0.4) is 0 Å². The zero-order valence-corrected chi connectivity index (χ0v) is 8.56. The number of benzene rings is 1. The Labute approximate surface area is 86.5 Å². The lowest BCUT2D eigenvalue weighted by atomic mass is 10.1. The molecule has 3 heteroatoms. The molecular formula is C11H10ClNO. The Balaban J connectivity index is 2.85. The zero-order valence-electron chi connectivity index (χ0n) is 7.80. The summed E-state index contributed by atoms with van der Waals surface area (Å²) in [5.41, 5.74) is 1.87. The van der Waals surface area contributed by atoms with Crippen molar-refractivity contribution in [2.75, 3.05) is 0 Å². The predicted molar refractivity (Wildman–Crippen MR) is 59.0 cm³/mol. The van der Waals surface area contributed by atoms with Crippen molar-refractivity contribution in [2.24, 2.45) is 0 Å². The molecule has 2 nitrogen and oxygen atoms in total. The lowest BCUT2D eigenvalue weighted by Gasteiger charge is -2.00. The van der Waals surface area contributed by atoms with Crippen LogP contribution in [-0.2, 0) is 6.42 Å². The van der Waals surface area contributed by atoms with Gasteiger partial charge in [0.1, 0.15) is 5.02 Å². The number of rotatable bonds is 1. The molecule has 2 rings (SSSR count). The molecule has 0 aliphatic heterocycles. The highest BCUT2D eigenvalue weighted by atomic mass is 35.5. The highest BCUT2D eigenvalue weighted by molar-refractivity contribution is 6.31. The third-order valence-corrected chi connectivity index (χ3v) is 2.59.